The summed E-state index contributed by atoms with van der Waals surface area (Å²) in [6, 6.07) is 15.7. The fourth-order valence-electron chi connectivity index (χ4n) is 3.30. The van der Waals surface area contributed by atoms with Crippen molar-refractivity contribution in [1.82, 2.24) is 10.2 Å². The van der Waals surface area contributed by atoms with Crippen LogP contribution in [-0.2, 0) is 22.6 Å². The maximum absolute atomic E-state index is 12.4. The third-order valence-electron chi connectivity index (χ3n) is 4.64. The van der Waals surface area contributed by atoms with Gasteiger partial charge in [-0.3, -0.25) is 9.59 Å². The molecule has 1 saturated heterocycles. The fourth-order valence-corrected chi connectivity index (χ4v) is 3.51. The Bertz CT molecular complexity index is 806. The van der Waals surface area contributed by atoms with E-state index in [9.17, 15) is 9.59 Å². The number of halogens is 1. The van der Waals surface area contributed by atoms with Crippen molar-refractivity contribution in [1.29, 1.82) is 0 Å². The number of benzene rings is 2. The largest absolute Gasteiger partial charge is 0.355 e. The minimum atomic E-state index is -0.272. The molecule has 2 amide bonds. The lowest BCUT2D eigenvalue weighted by molar-refractivity contribution is -0.129. The molecule has 1 unspecified atom stereocenters. The minimum absolute atomic E-state index is 0.0431. The molecule has 0 spiro atoms. The van der Waals surface area contributed by atoms with Crippen LogP contribution in [0.3, 0.4) is 0 Å². The van der Waals surface area contributed by atoms with E-state index in [1.54, 1.807) is 4.90 Å². The van der Waals surface area contributed by atoms with Crippen molar-refractivity contribution >= 4 is 23.4 Å². The normalized spacial score (nSPS) is 16.8. The smallest absolute Gasteiger partial charge is 0.225 e. The first-order valence-electron chi connectivity index (χ1n) is 8.87. The second kappa shape index (κ2) is 8.37. The zero-order valence-corrected chi connectivity index (χ0v) is 15.6. The van der Waals surface area contributed by atoms with Crippen molar-refractivity contribution in [3.63, 3.8) is 0 Å². The summed E-state index contributed by atoms with van der Waals surface area (Å²) in [7, 11) is 0. The first-order chi connectivity index (χ1) is 12.5. The Labute approximate surface area is 159 Å². The number of carbonyl (C=O) groups is 2. The number of amides is 2. The molecule has 5 heteroatoms. The zero-order chi connectivity index (χ0) is 18.5. The number of nitrogens with one attached hydrogen (secondary N) is 1. The van der Waals surface area contributed by atoms with Gasteiger partial charge in [-0.25, -0.2) is 0 Å². The van der Waals surface area contributed by atoms with Crippen LogP contribution in [0.1, 0.15) is 23.1 Å². The van der Waals surface area contributed by atoms with Gasteiger partial charge in [-0.1, -0.05) is 53.6 Å². The summed E-state index contributed by atoms with van der Waals surface area (Å²) >= 11 is 5.97. The average Bonchev–Trinajstić information content (AvgIpc) is 2.96. The number of aryl methyl sites for hydroxylation is 1. The van der Waals surface area contributed by atoms with Crippen LogP contribution in [-0.4, -0.2) is 29.8 Å². The van der Waals surface area contributed by atoms with Crippen LogP contribution in [0.5, 0.6) is 0 Å². The molecule has 4 nitrogen and oxygen atoms in total. The highest BCUT2D eigenvalue weighted by atomic mass is 35.5. The molecule has 0 radical (unpaired) electrons. The molecule has 3 rings (SSSR count). The molecular weight excluding hydrogens is 348 g/mol. The molecule has 1 aliphatic rings. The lowest BCUT2D eigenvalue weighted by Crippen LogP contribution is -2.34. The molecule has 0 saturated carbocycles. The summed E-state index contributed by atoms with van der Waals surface area (Å²) in [6.45, 7) is 3.62. The second-order valence-electron chi connectivity index (χ2n) is 6.84. The van der Waals surface area contributed by atoms with Crippen molar-refractivity contribution in [2.45, 2.75) is 26.3 Å². The highest BCUT2D eigenvalue weighted by Gasteiger charge is 2.33. The first-order valence-corrected chi connectivity index (χ1v) is 9.24. The van der Waals surface area contributed by atoms with Crippen LogP contribution >= 0.6 is 11.6 Å². The number of hydrogen-bond acceptors (Lipinski definition) is 2. The van der Waals surface area contributed by atoms with Crippen molar-refractivity contribution < 1.29 is 9.59 Å². The van der Waals surface area contributed by atoms with Gasteiger partial charge in [0.05, 0.1) is 5.92 Å². The van der Waals surface area contributed by atoms with Crippen molar-refractivity contribution in [3.8, 4) is 0 Å². The lowest BCUT2D eigenvalue weighted by Gasteiger charge is -2.17. The van der Waals surface area contributed by atoms with E-state index in [0.717, 1.165) is 17.5 Å². The van der Waals surface area contributed by atoms with Crippen molar-refractivity contribution in [3.05, 3.63) is 70.2 Å². The van der Waals surface area contributed by atoms with Gasteiger partial charge in [-0.2, -0.15) is 0 Å². The van der Waals surface area contributed by atoms with E-state index in [1.807, 2.05) is 49.4 Å². The van der Waals surface area contributed by atoms with Gasteiger partial charge < -0.3 is 10.2 Å². The average molecular weight is 371 g/mol. The van der Waals surface area contributed by atoms with E-state index in [-0.39, 0.29) is 24.2 Å². The van der Waals surface area contributed by atoms with Gasteiger partial charge in [-0.15, -0.1) is 0 Å². The molecule has 136 valence electrons. The van der Waals surface area contributed by atoms with Gasteiger partial charge in [0.25, 0.3) is 0 Å². The quantitative estimate of drug-likeness (QED) is 0.847. The van der Waals surface area contributed by atoms with Crippen LogP contribution in [0.25, 0.3) is 0 Å². The molecule has 2 aromatic carbocycles. The summed E-state index contributed by atoms with van der Waals surface area (Å²) in [6.07, 6.45) is 1.01. The number of nitrogens with zero attached hydrogens (tertiary/aromatic N) is 1. The summed E-state index contributed by atoms with van der Waals surface area (Å²) in [5.41, 5.74) is 3.35. The van der Waals surface area contributed by atoms with Crippen LogP contribution in [0.2, 0.25) is 5.02 Å². The van der Waals surface area contributed by atoms with Gasteiger partial charge in [0.1, 0.15) is 0 Å². The molecule has 1 fully saturated rings. The van der Waals surface area contributed by atoms with E-state index >= 15 is 0 Å². The highest BCUT2D eigenvalue weighted by molar-refractivity contribution is 6.30. The van der Waals surface area contributed by atoms with E-state index in [2.05, 4.69) is 11.4 Å². The Morgan fingerprint density at radius 2 is 1.96 bits per heavy atom. The fraction of sp³-hybridized carbons (Fsp3) is 0.333. The summed E-state index contributed by atoms with van der Waals surface area (Å²) < 4.78 is 0. The Balaban J connectivity index is 1.49. The Morgan fingerprint density at radius 3 is 2.73 bits per heavy atom. The monoisotopic (exact) mass is 370 g/mol. The predicted octanol–water partition coefficient (Wildman–Crippen LogP) is 3.36. The summed E-state index contributed by atoms with van der Waals surface area (Å²) in [5.74, 6) is -0.278. The SMILES string of the molecule is Cc1cccc(CN2CC(C(=O)NCCc3cccc(Cl)c3)CC2=O)c1. The Morgan fingerprint density at radius 1 is 1.19 bits per heavy atom. The molecule has 1 N–H and O–H groups in total. The third-order valence-corrected chi connectivity index (χ3v) is 4.88. The predicted molar refractivity (Wildman–Crippen MR) is 103 cm³/mol. The Hall–Kier alpha value is -2.33. The third kappa shape index (κ3) is 4.85. The maximum atomic E-state index is 12.4. The van der Waals surface area contributed by atoms with E-state index < -0.39 is 0 Å². The molecule has 0 aliphatic carbocycles. The van der Waals surface area contributed by atoms with Gasteiger partial charge in [0.2, 0.25) is 11.8 Å². The Kier molecular flexibility index (Phi) is 5.94. The first kappa shape index (κ1) is 18.5. The van der Waals surface area contributed by atoms with Gasteiger partial charge in [0, 0.05) is 31.1 Å². The molecule has 26 heavy (non-hydrogen) atoms. The maximum Gasteiger partial charge on any atom is 0.225 e. The highest BCUT2D eigenvalue weighted by Crippen LogP contribution is 2.21. The molecule has 1 atom stereocenters. The summed E-state index contributed by atoms with van der Waals surface area (Å²) in [5, 5.41) is 3.64. The van der Waals surface area contributed by atoms with Crippen LogP contribution in [0.4, 0.5) is 0 Å². The molecule has 1 heterocycles. The van der Waals surface area contributed by atoms with E-state index in [1.165, 1.54) is 5.56 Å². The van der Waals surface area contributed by atoms with Crippen LogP contribution in [0.15, 0.2) is 48.5 Å². The van der Waals surface area contributed by atoms with Crippen LogP contribution in [0, 0.1) is 12.8 Å². The molecule has 1 aliphatic heterocycles. The molecule has 0 bridgehead atoms. The minimum Gasteiger partial charge on any atom is -0.355 e. The van der Waals surface area contributed by atoms with E-state index in [4.69, 9.17) is 11.6 Å². The van der Waals surface area contributed by atoms with Crippen molar-refractivity contribution in [2.75, 3.05) is 13.1 Å². The second-order valence-corrected chi connectivity index (χ2v) is 7.27. The van der Waals surface area contributed by atoms with Gasteiger partial charge in [-0.05, 0) is 36.6 Å². The number of rotatable bonds is 6. The number of hydrogen-bond donors (Lipinski definition) is 1. The van der Waals surface area contributed by atoms with Gasteiger partial charge >= 0.3 is 0 Å². The van der Waals surface area contributed by atoms with E-state index in [0.29, 0.717) is 24.7 Å². The van der Waals surface area contributed by atoms with Crippen LogP contribution < -0.4 is 5.32 Å². The molecule has 0 aromatic heterocycles. The summed E-state index contributed by atoms with van der Waals surface area (Å²) in [4.78, 5) is 26.4. The lowest BCUT2D eigenvalue weighted by atomic mass is 10.1. The number of carbonyl (C=O) groups excluding carboxylic acids is 2. The van der Waals surface area contributed by atoms with Gasteiger partial charge in [0.15, 0.2) is 0 Å². The van der Waals surface area contributed by atoms with Crippen molar-refractivity contribution in [2.24, 2.45) is 5.92 Å². The molecule has 2 aromatic rings. The standard InChI is InChI=1S/C21H23ClN2O2/c1-15-4-2-6-17(10-15)13-24-14-18(12-20(24)25)21(26)23-9-8-16-5-3-7-19(22)11-16/h2-7,10-11,18H,8-9,12-14H2,1H3,(H,23,26). The molecular formula is C21H23ClN2O2. The number of likely N-dealkylation sites (tertiary alicyclic amines) is 1. The zero-order valence-electron chi connectivity index (χ0n) is 14.9. The topological polar surface area (TPSA) is 49.4 Å².